The molecule has 0 saturated carbocycles. The van der Waals surface area contributed by atoms with Crippen LogP contribution in [0.2, 0.25) is 0 Å². The molecule has 0 bridgehead atoms. The number of benzene rings is 1. The number of amides is 1. The maximum Gasteiger partial charge on any atom is 0.224 e. The molecule has 0 atom stereocenters. The number of nitrogens with zero attached hydrogens (tertiary/aromatic N) is 1. The van der Waals surface area contributed by atoms with E-state index in [0.717, 1.165) is 30.0 Å². The van der Waals surface area contributed by atoms with E-state index in [4.69, 9.17) is 4.74 Å². The molecule has 0 radical (unpaired) electrons. The fourth-order valence-electron chi connectivity index (χ4n) is 2.03. The van der Waals surface area contributed by atoms with Crippen LogP contribution in [0.3, 0.4) is 0 Å². The summed E-state index contributed by atoms with van der Waals surface area (Å²) in [6.45, 7) is 2.78. The molecule has 1 amide bonds. The zero-order valence-electron chi connectivity index (χ0n) is 12.9. The number of nitrogens with one attached hydrogen (secondary N) is 2. The lowest BCUT2D eigenvalue weighted by atomic mass is 10.2. The number of hydrogen-bond acceptors (Lipinski definition) is 4. The molecular weight excluding hydrogens is 278 g/mol. The van der Waals surface area contributed by atoms with Gasteiger partial charge in [-0.3, -0.25) is 9.78 Å². The lowest BCUT2D eigenvalue weighted by Crippen LogP contribution is -2.15. The van der Waals surface area contributed by atoms with E-state index in [2.05, 4.69) is 15.6 Å². The molecule has 116 valence electrons. The van der Waals surface area contributed by atoms with E-state index in [9.17, 15) is 4.79 Å². The van der Waals surface area contributed by atoms with E-state index in [1.54, 1.807) is 12.4 Å². The lowest BCUT2D eigenvalue weighted by molar-refractivity contribution is -0.116. The highest BCUT2D eigenvalue weighted by atomic mass is 16.5. The Balaban J connectivity index is 1.96. The van der Waals surface area contributed by atoms with Crippen molar-refractivity contribution in [3.63, 3.8) is 0 Å². The molecule has 0 unspecified atom stereocenters. The maximum absolute atomic E-state index is 11.8. The average molecular weight is 299 g/mol. The molecule has 2 N–H and O–H groups in total. The summed E-state index contributed by atoms with van der Waals surface area (Å²) in [4.78, 5) is 15.8. The van der Waals surface area contributed by atoms with Gasteiger partial charge in [0.2, 0.25) is 5.91 Å². The Labute approximate surface area is 130 Å². The molecule has 5 nitrogen and oxygen atoms in total. The van der Waals surface area contributed by atoms with Gasteiger partial charge in [0, 0.05) is 18.3 Å². The number of aromatic nitrogens is 1. The number of hydrogen-bond donors (Lipinski definition) is 2. The number of carbonyl (C=O) groups is 1. The van der Waals surface area contributed by atoms with Gasteiger partial charge in [-0.1, -0.05) is 0 Å². The highest BCUT2D eigenvalue weighted by molar-refractivity contribution is 5.90. The summed E-state index contributed by atoms with van der Waals surface area (Å²) in [5, 5.41) is 5.92. The van der Waals surface area contributed by atoms with Crippen molar-refractivity contribution >= 4 is 11.6 Å². The van der Waals surface area contributed by atoms with Gasteiger partial charge in [0.05, 0.1) is 6.20 Å². The van der Waals surface area contributed by atoms with Gasteiger partial charge in [-0.05, 0) is 62.8 Å². The molecule has 0 aliphatic rings. The molecule has 0 aliphatic heterocycles. The second kappa shape index (κ2) is 8.14. The highest BCUT2D eigenvalue weighted by Crippen LogP contribution is 2.26. The van der Waals surface area contributed by atoms with Gasteiger partial charge in [0.1, 0.15) is 11.5 Å². The van der Waals surface area contributed by atoms with Crippen LogP contribution in [0.15, 0.2) is 42.7 Å². The van der Waals surface area contributed by atoms with Crippen LogP contribution in [-0.2, 0) is 4.79 Å². The van der Waals surface area contributed by atoms with Crippen molar-refractivity contribution in [2.24, 2.45) is 0 Å². The Kier molecular flexibility index (Phi) is 5.91. The van der Waals surface area contributed by atoms with Gasteiger partial charge in [0.25, 0.3) is 0 Å². The normalized spacial score (nSPS) is 10.3. The molecule has 1 aromatic carbocycles. The lowest BCUT2D eigenvalue weighted by Gasteiger charge is -2.11. The van der Waals surface area contributed by atoms with Crippen LogP contribution in [0.1, 0.15) is 18.4 Å². The first-order valence-electron chi connectivity index (χ1n) is 7.32. The van der Waals surface area contributed by atoms with E-state index in [1.165, 1.54) is 0 Å². The van der Waals surface area contributed by atoms with Crippen LogP contribution < -0.4 is 15.4 Å². The Morgan fingerprint density at radius 3 is 2.86 bits per heavy atom. The summed E-state index contributed by atoms with van der Waals surface area (Å²) >= 11 is 0. The van der Waals surface area contributed by atoms with Crippen LogP contribution in [0, 0.1) is 6.92 Å². The minimum Gasteiger partial charge on any atom is -0.455 e. The Morgan fingerprint density at radius 1 is 1.32 bits per heavy atom. The smallest absolute Gasteiger partial charge is 0.224 e. The summed E-state index contributed by atoms with van der Waals surface area (Å²) in [5.41, 5.74) is 1.74. The van der Waals surface area contributed by atoms with Gasteiger partial charge < -0.3 is 15.4 Å². The first-order valence-corrected chi connectivity index (χ1v) is 7.32. The van der Waals surface area contributed by atoms with Crippen LogP contribution in [0.5, 0.6) is 11.5 Å². The summed E-state index contributed by atoms with van der Waals surface area (Å²) < 4.78 is 5.77. The standard InChI is InChI=1S/C17H21N3O2/c1-13-11-14(20-17(21)6-4-9-18-2)7-8-16(13)22-15-5-3-10-19-12-15/h3,5,7-8,10-12,18H,4,6,9H2,1-2H3,(H,20,21). The van der Waals surface area contributed by atoms with Gasteiger partial charge in [0.15, 0.2) is 0 Å². The Bertz CT molecular complexity index is 615. The molecule has 1 heterocycles. The summed E-state index contributed by atoms with van der Waals surface area (Å²) in [6.07, 6.45) is 4.70. The third-order valence-corrected chi connectivity index (χ3v) is 3.15. The minimum absolute atomic E-state index is 0.0237. The van der Waals surface area contributed by atoms with Crippen molar-refractivity contribution in [3.8, 4) is 11.5 Å². The SMILES string of the molecule is CNCCCC(=O)Nc1ccc(Oc2cccnc2)c(C)c1. The number of rotatable bonds is 7. The third kappa shape index (κ3) is 4.86. The first-order chi connectivity index (χ1) is 10.7. The fraction of sp³-hybridized carbons (Fsp3) is 0.294. The molecule has 1 aromatic heterocycles. The molecule has 22 heavy (non-hydrogen) atoms. The van der Waals surface area contributed by atoms with Crippen molar-refractivity contribution < 1.29 is 9.53 Å². The highest BCUT2D eigenvalue weighted by Gasteiger charge is 2.06. The fourth-order valence-corrected chi connectivity index (χ4v) is 2.03. The molecule has 0 fully saturated rings. The quantitative estimate of drug-likeness (QED) is 0.771. The van der Waals surface area contributed by atoms with Crippen molar-refractivity contribution in [1.82, 2.24) is 10.3 Å². The van der Waals surface area contributed by atoms with E-state index in [0.29, 0.717) is 12.2 Å². The Morgan fingerprint density at radius 2 is 2.18 bits per heavy atom. The molecule has 2 aromatic rings. The number of ether oxygens (including phenoxy) is 1. The van der Waals surface area contributed by atoms with Crippen LogP contribution >= 0.6 is 0 Å². The van der Waals surface area contributed by atoms with Crippen LogP contribution in [-0.4, -0.2) is 24.5 Å². The average Bonchev–Trinajstić information content (AvgIpc) is 2.51. The van der Waals surface area contributed by atoms with Crippen LogP contribution in [0.25, 0.3) is 0 Å². The second-order valence-corrected chi connectivity index (χ2v) is 5.03. The summed E-state index contributed by atoms with van der Waals surface area (Å²) in [5.74, 6) is 1.46. The molecule has 0 aliphatic carbocycles. The van der Waals surface area contributed by atoms with Gasteiger partial charge in [-0.2, -0.15) is 0 Å². The second-order valence-electron chi connectivity index (χ2n) is 5.03. The number of carbonyl (C=O) groups excluding carboxylic acids is 1. The van der Waals surface area contributed by atoms with Gasteiger partial charge in [-0.25, -0.2) is 0 Å². The molecule has 0 spiro atoms. The summed E-state index contributed by atoms with van der Waals surface area (Å²) in [6, 6.07) is 9.27. The molecular formula is C17H21N3O2. The van der Waals surface area contributed by atoms with Crippen molar-refractivity contribution in [3.05, 3.63) is 48.3 Å². The zero-order valence-corrected chi connectivity index (χ0v) is 12.9. The van der Waals surface area contributed by atoms with Crippen molar-refractivity contribution in [2.75, 3.05) is 18.9 Å². The molecule has 5 heteroatoms. The van der Waals surface area contributed by atoms with E-state index in [-0.39, 0.29) is 5.91 Å². The topological polar surface area (TPSA) is 63.2 Å². The number of aryl methyl sites for hydroxylation is 1. The van der Waals surface area contributed by atoms with Gasteiger partial charge >= 0.3 is 0 Å². The maximum atomic E-state index is 11.8. The van der Waals surface area contributed by atoms with E-state index < -0.39 is 0 Å². The predicted octanol–water partition coefficient (Wildman–Crippen LogP) is 3.12. The van der Waals surface area contributed by atoms with E-state index in [1.807, 2.05) is 44.3 Å². The predicted molar refractivity (Wildman–Crippen MR) is 87.3 cm³/mol. The number of anilines is 1. The van der Waals surface area contributed by atoms with Crippen LogP contribution in [0.4, 0.5) is 5.69 Å². The molecule has 2 rings (SSSR count). The van der Waals surface area contributed by atoms with Crippen molar-refractivity contribution in [2.45, 2.75) is 19.8 Å². The Hall–Kier alpha value is -2.40. The van der Waals surface area contributed by atoms with Gasteiger partial charge in [-0.15, -0.1) is 0 Å². The van der Waals surface area contributed by atoms with E-state index >= 15 is 0 Å². The monoisotopic (exact) mass is 299 g/mol. The minimum atomic E-state index is 0.0237. The summed E-state index contributed by atoms with van der Waals surface area (Å²) in [7, 11) is 1.88. The number of pyridine rings is 1. The first kappa shape index (κ1) is 16.0. The molecule has 0 saturated heterocycles. The zero-order chi connectivity index (χ0) is 15.8. The largest absolute Gasteiger partial charge is 0.455 e. The third-order valence-electron chi connectivity index (χ3n) is 3.15. The van der Waals surface area contributed by atoms with Crippen molar-refractivity contribution in [1.29, 1.82) is 0 Å².